The molecule has 11 aromatic rings. The van der Waals surface area contributed by atoms with Crippen molar-refractivity contribution in [1.29, 1.82) is 0 Å². The van der Waals surface area contributed by atoms with Crippen molar-refractivity contribution in [3.63, 3.8) is 0 Å². The number of rotatable bonds is 7. The predicted octanol–water partition coefficient (Wildman–Crippen LogP) is 15.9. The van der Waals surface area contributed by atoms with Gasteiger partial charge in [-0.15, -0.1) is 0 Å². The van der Waals surface area contributed by atoms with E-state index in [9.17, 15) is 0 Å². The number of nitrogens with zero attached hydrogens (tertiary/aromatic N) is 1. The zero-order valence-electron chi connectivity index (χ0n) is 33.4. The maximum atomic E-state index is 6.90. The molecular formula is C59H39NO. The van der Waals surface area contributed by atoms with Crippen LogP contribution in [0, 0.1) is 0 Å². The predicted molar refractivity (Wildman–Crippen MR) is 254 cm³/mol. The quantitative estimate of drug-likeness (QED) is 0.160. The van der Waals surface area contributed by atoms with Crippen LogP contribution in [0.2, 0.25) is 0 Å². The highest BCUT2D eigenvalue weighted by atomic mass is 16.3. The van der Waals surface area contributed by atoms with Crippen LogP contribution in [0.15, 0.2) is 241 Å². The first-order chi connectivity index (χ1) is 30.3. The van der Waals surface area contributed by atoms with Crippen molar-refractivity contribution < 1.29 is 4.42 Å². The first-order valence-corrected chi connectivity index (χ1v) is 21.0. The van der Waals surface area contributed by atoms with Gasteiger partial charge >= 0.3 is 0 Å². The van der Waals surface area contributed by atoms with Crippen LogP contribution in [0.4, 0.5) is 17.1 Å². The monoisotopic (exact) mass is 777 g/mol. The van der Waals surface area contributed by atoms with Crippen molar-refractivity contribution in [3.8, 4) is 33.4 Å². The molecule has 2 nitrogen and oxygen atoms in total. The van der Waals surface area contributed by atoms with E-state index >= 15 is 0 Å². The number of hydrogen-bond donors (Lipinski definition) is 0. The topological polar surface area (TPSA) is 16.4 Å². The van der Waals surface area contributed by atoms with Gasteiger partial charge in [0.05, 0.1) is 5.41 Å². The molecule has 61 heavy (non-hydrogen) atoms. The second-order valence-corrected chi connectivity index (χ2v) is 16.0. The first kappa shape index (κ1) is 35.0. The van der Waals surface area contributed by atoms with Crippen LogP contribution in [0.3, 0.4) is 0 Å². The minimum absolute atomic E-state index is 0.669. The van der Waals surface area contributed by atoms with Crippen LogP contribution in [0.25, 0.3) is 66.1 Å². The van der Waals surface area contributed by atoms with E-state index < -0.39 is 5.41 Å². The van der Waals surface area contributed by atoms with Crippen LogP contribution in [0.5, 0.6) is 0 Å². The third kappa shape index (κ3) is 5.50. The smallest absolute Gasteiger partial charge is 0.140 e. The molecule has 0 fully saturated rings. The molecule has 0 spiro atoms. The molecule has 0 amide bonds. The SMILES string of the molecule is c1ccc(-c2ccc(N(c3ccc(-c4cccc5ccccc45)cc3)c3ccc4c(c3)C(c3ccccc3)(c3cccc5c3oc3ccccc35)c3ccccc3-4)cc2)cc1. The van der Waals surface area contributed by atoms with Crippen LogP contribution in [-0.2, 0) is 5.41 Å². The Bertz CT molecular complexity index is 3400. The van der Waals surface area contributed by atoms with E-state index in [1.165, 1.54) is 60.8 Å². The highest BCUT2D eigenvalue weighted by Gasteiger charge is 2.48. The van der Waals surface area contributed by atoms with Gasteiger partial charge in [0.2, 0.25) is 0 Å². The molecule has 1 aliphatic rings. The van der Waals surface area contributed by atoms with Gasteiger partial charge in [-0.05, 0) is 103 Å². The molecule has 12 rings (SSSR count). The Labute approximate surface area is 355 Å². The van der Waals surface area contributed by atoms with E-state index in [1.807, 2.05) is 0 Å². The zero-order chi connectivity index (χ0) is 40.3. The van der Waals surface area contributed by atoms with Gasteiger partial charge in [-0.25, -0.2) is 0 Å². The van der Waals surface area contributed by atoms with Gasteiger partial charge < -0.3 is 9.32 Å². The summed E-state index contributed by atoms with van der Waals surface area (Å²) in [5.74, 6) is 0. The molecule has 2 heteroatoms. The summed E-state index contributed by atoms with van der Waals surface area (Å²) in [5, 5.41) is 4.74. The number of fused-ring (bicyclic) bond motifs is 7. The van der Waals surface area contributed by atoms with E-state index in [0.29, 0.717) is 0 Å². The summed E-state index contributed by atoms with van der Waals surface area (Å²) in [6.45, 7) is 0. The van der Waals surface area contributed by atoms with E-state index in [2.05, 4.69) is 241 Å². The molecule has 1 heterocycles. The van der Waals surface area contributed by atoms with Crippen LogP contribution in [-0.4, -0.2) is 0 Å². The molecule has 0 aliphatic heterocycles. The molecule has 1 atom stereocenters. The summed E-state index contributed by atoms with van der Waals surface area (Å²) >= 11 is 0. The highest BCUT2D eigenvalue weighted by molar-refractivity contribution is 6.07. The Hall–Kier alpha value is -7.94. The summed E-state index contributed by atoms with van der Waals surface area (Å²) < 4.78 is 6.90. The number of hydrogen-bond acceptors (Lipinski definition) is 2. The lowest BCUT2D eigenvalue weighted by atomic mass is 9.67. The number of benzene rings is 10. The summed E-state index contributed by atoms with van der Waals surface area (Å²) in [5.41, 5.74) is 16.4. The fourth-order valence-corrected chi connectivity index (χ4v) is 10.0. The van der Waals surface area contributed by atoms with Gasteiger partial charge in [0.1, 0.15) is 11.2 Å². The van der Waals surface area contributed by atoms with Crippen molar-refractivity contribution in [2.75, 3.05) is 4.90 Å². The van der Waals surface area contributed by atoms with Gasteiger partial charge in [-0.2, -0.15) is 0 Å². The lowest BCUT2D eigenvalue weighted by molar-refractivity contribution is 0.648. The van der Waals surface area contributed by atoms with Crippen LogP contribution < -0.4 is 4.90 Å². The van der Waals surface area contributed by atoms with E-state index in [0.717, 1.165) is 44.6 Å². The molecule has 0 saturated heterocycles. The number of furan rings is 1. The van der Waals surface area contributed by atoms with Crippen LogP contribution in [0.1, 0.15) is 22.3 Å². The van der Waals surface area contributed by atoms with Gasteiger partial charge in [0.25, 0.3) is 0 Å². The van der Waals surface area contributed by atoms with Gasteiger partial charge in [0, 0.05) is 33.4 Å². The Balaban J connectivity index is 1.09. The minimum atomic E-state index is -0.669. The lowest BCUT2D eigenvalue weighted by Crippen LogP contribution is -2.29. The Morgan fingerprint density at radius 2 is 0.869 bits per heavy atom. The Morgan fingerprint density at radius 1 is 0.328 bits per heavy atom. The van der Waals surface area contributed by atoms with Crippen molar-refractivity contribution in [1.82, 2.24) is 0 Å². The van der Waals surface area contributed by atoms with Crippen LogP contribution >= 0.6 is 0 Å². The van der Waals surface area contributed by atoms with Gasteiger partial charge in [-0.1, -0.05) is 194 Å². The second kappa shape index (κ2) is 14.1. The average Bonchev–Trinajstić information content (AvgIpc) is 3.86. The van der Waals surface area contributed by atoms with E-state index in [-0.39, 0.29) is 0 Å². The molecule has 1 aromatic heterocycles. The van der Waals surface area contributed by atoms with Crippen molar-refractivity contribution in [3.05, 3.63) is 259 Å². The molecule has 0 radical (unpaired) electrons. The van der Waals surface area contributed by atoms with Crippen molar-refractivity contribution in [2.45, 2.75) is 5.41 Å². The number of anilines is 3. The largest absolute Gasteiger partial charge is 0.456 e. The molecule has 1 aliphatic carbocycles. The molecule has 0 bridgehead atoms. The third-order valence-corrected chi connectivity index (χ3v) is 12.8. The minimum Gasteiger partial charge on any atom is -0.456 e. The molecular weight excluding hydrogens is 739 g/mol. The fourth-order valence-electron chi connectivity index (χ4n) is 10.0. The zero-order valence-corrected chi connectivity index (χ0v) is 33.4. The van der Waals surface area contributed by atoms with Gasteiger partial charge in [-0.3, -0.25) is 0 Å². The lowest BCUT2D eigenvalue weighted by Gasteiger charge is -2.35. The normalized spacial score (nSPS) is 14.3. The average molecular weight is 778 g/mol. The fraction of sp³-hybridized carbons (Fsp3) is 0.0169. The summed E-state index contributed by atoms with van der Waals surface area (Å²) in [7, 11) is 0. The summed E-state index contributed by atoms with van der Waals surface area (Å²) in [6, 6.07) is 85.9. The summed E-state index contributed by atoms with van der Waals surface area (Å²) in [6.07, 6.45) is 0. The number of para-hydroxylation sites is 2. The Kier molecular flexibility index (Phi) is 8.11. The molecule has 10 aromatic carbocycles. The summed E-state index contributed by atoms with van der Waals surface area (Å²) in [4.78, 5) is 2.41. The highest BCUT2D eigenvalue weighted by Crippen LogP contribution is 2.59. The molecule has 1 unspecified atom stereocenters. The van der Waals surface area contributed by atoms with E-state index in [1.54, 1.807) is 0 Å². The third-order valence-electron chi connectivity index (χ3n) is 12.8. The van der Waals surface area contributed by atoms with Crippen molar-refractivity contribution in [2.24, 2.45) is 0 Å². The molecule has 286 valence electrons. The standard InChI is InChI=1S/C59H39NO/c1-3-15-40(16-4-1)41-29-33-45(34-30-41)60(46-35-31-43(32-36-46)49-24-13-18-42-17-7-8-21-48(42)49)47-37-38-51-50-22-9-11-26-54(50)59(56(51)39-47,44-19-5-2-6-20-44)55-27-14-25-53-52-23-10-12-28-57(52)61-58(53)55/h1-39H. The second-order valence-electron chi connectivity index (χ2n) is 16.0. The maximum Gasteiger partial charge on any atom is 0.140 e. The first-order valence-electron chi connectivity index (χ1n) is 21.0. The molecule has 0 saturated carbocycles. The molecule has 0 N–H and O–H groups in total. The maximum absolute atomic E-state index is 6.90. The van der Waals surface area contributed by atoms with E-state index in [4.69, 9.17) is 4.42 Å². The van der Waals surface area contributed by atoms with Crippen molar-refractivity contribution >= 4 is 49.8 Å². The Morgan fingerprint density at radius 3 is 1.67 bits per heavy atom. The van der Waals surface area contributed by atoms with Gasteiger partial charge in [0.15, 0.2) is 0 Å².